The maximum absolute atomic E-state index is 10.4. The molecule has 0 spiro atoms. The van der Waals surface area contributed by atoms with Gasteiger partial charge in [-0.05, 0) is 0 Å². The maximum Gasteiger partial charge on any atom is 0.217 e. The molecule has 2 nitrogen and oxygen atoms in total. The molecule has 8 heavy (non-hydrogen) atoms. The summed E-state index contributed by atoms with van der Waals surface area (Å²) in [4.78, 5) is 10.4. The standard InChI is InChI=1S/C2H3B2BrINO/c5-1-2(8)7-4-3-6/h1H2,(H,7,8). The topological polar surface area (TPSA) is 29.1 Å². The van der Waals surface area contributed by atoms with Crippen LogP contribution in [0.1, 0.15) is 0 Å². The molecule has 0 rings (SSSR count). The van der Waals surface area contributed by atoms with Crippen LogP contribution in [0.25, 0.3) is 0 Å². The molecule has 2 radical (unpaired) electrons. The highest BCUT2D eigenvalue weighted by Crippen LogP contribution is 1.76. The SMILES string of the molecule is O=C(CBr)N[B][B]I. The third kappa shape index (κ3) is 4.96. The van der Waals surface area contributed by atoms with Gasteiger partial charge in [0.15, 0.2) is 5.03 Å². The lowest BCUT2D eigenvalue weighted by molar-refractivity contribution is -0.116. The smallest absolute Gasteiger partial charge is 0.217 e. The van der Waals surface area contributed by atoms with Gasteiger partial charge in [0.2, 0.25) is 13.2 Å². The monoisotopic (exact) mass is 285 g/mol. The predicted molar refractivity (Wildman–Crippen MR) is 47.5 cm³/mol. The van der Waals surface area contributed by atoms with Crippen molar-refractivity contribution in [3.63, 3.8) is 0 Å². The first-order valence-corrected chi connectivity index (χ1v) is 4.28. The Morgan fingerprint density at radius 3 is 2.88 bits per heavy atom. The molecule has 42 valence electrons. The molecule has 0 aliphatic heterocycles. The van der Waals surface area contributed by atoms with Crippen molar-refractivity contribution < 1.29 is 4.79 Å². The van der Waals surface area contributed by atoms with E-state index in [0.717, 1.165) is 0 Å². The van der Waals surface area contributed by atoms with E-state index in [9.17, 15) is 4.79 Å². The Kier molecular flexibility index (Phi) is 6.54. The molecule has 0 fully saturated rings. The minimum atomic E-state index is -0.0297. The van der Waals surface area contributed by atoms with Crippen LogP contribution in [-0.4, -0.2) is 23.6 Å². The van der Waals surface area contributed by atoms with Gasteiger partial charge in [0.1, 0.15) is 0 Å². The van der Waals surface area contributed by atoms with E-state index in [2.05, 4.69) is 21.2 Å². The summed E-state index contributed by atoms with van der Waals surface area (Å²) < 4.78 is 0. The molecule has 1 amide bonds. The van der Waals surface area contributed by atoms with E-state index in [1.165, 1.54) is 0 Å². The van der Waals surface area contributed by atoms with Crippen LogP contribution in [0.5, 0.6) is 0 Å². The molecule has 6 heteroatoms. The van der Waals surface area contributed by atoms with Crippen LogP contribution in [0, 0.1) is 0 Å². The van der Waals surface area contributed by atoms with Gasteiger partial charge < -0.3 is 5.23 Å². The van der Waals surface area contributed by atoms with E-state index in [-0.39, 0.29) is 5.91 Å². The Hall–Kier alpha value is 0.810. The second-order valence-corrected chi connectivity index (χ2v) is 2.27. The Morgan fingerprint density at radius 2 is 2.50 bits per heavy atom. The van der Waals surface area contributed by atoms with Crippen molar-refractivity contribution >= 4 is 56.5 Å². The first-order valence-electron chi connectivity index (χ1n) is 1.92. The summed E-state index contributed by atoms with van der Waals surface area (Å²) in [5.74, 6) is -0.0297. The van der Waals surface area contributed by atoms with Crippen LogP contribution in [0.15, 0.2) is 0 Å². The van der Waals surface area contributed by atoms with Crippen molar-refractivity contribution in [3.05, 3.63) is 0 Å². The number of carbonyl (C=O) groups is 1. The number of nitrogens with one attached hydrogen (secondary N) is 1. The molecule has 0 atom stereocenters. The van der Waals surface area contributed by atoms with Crippen molar-refractivity contribution in [2.45, 2.75) is 0 Å². The first kappa shape index (κ1) is 8.81. The molecule has 0 aliphatic rings. The summed E-state index contributed by atoms with van der Waals surface area (Å²) in [6.07, 6.45) is 0. The molecule has 0 bridgehead atoms. The molecule has 1 N–H and O–H groups in total. The molecule has 0 aliphatic carbocycles. The second kappa shape index (κ2) is 5.94. The number of halogens is 2. The summed E-state index contributed by atoms with van der Waals surface area (Å²) >= 11 is 5.02. The Bertz CT molecular complexity index is 82.4. The molecule has 0 aromatic carbocycles. The number of rotatable bonds is 3. The lowest BCUT2D eigenvalue weighted by Crippen LogP contribution is -2.30. The van der Waals surface area contributed by atoms with Crippen LogP contribution in [0.2, 0.25) is 0 Å². The molecular formula is C2H3B2BrINO. The minimum Gasteiger partial charge on any atom is -0.410 e. The molecule has 0 saturated heterocycles. The van der Waals surface area contributed by atoms with Crippen LogP contribution in [-0.2, 0) is 4.79 Å². The van der Waals surface area contributed by atoms with E-state index in [1.807, 2.05) is 22.4 Å². The normalized spacial score (nSPS) is 7.75. The van der Waals surface area contributed by atoms with Crippen LogP contribution >= 0.6 is 38.3 Å². The summed E-state index contributed by atoms with van der Waals surface area (Å²) in [6.45, 7) is 0. The first-order chi connectivity index (χ1) is 3.81. The zero-order chi connectivity index (χ0) is 6.41. The van der Waals surface area contributed by atoms with Gasteiger partial charge >= 0.3 is 0 Å². The van der Waals surface area contributed by atoms with E-state index in [1.54, 1.807) is 12.3 Å². The molecule has 0 aromatic rings. The van der Waals surface area contributed by atoms with Gasteiger partial charge in [0, 0.05) is 0 Å². The molecular weight excluding hydrogens is 282 g/mol. The van der Waals surface area contributed by atoms with Crippen LogP contribution < -0.4 is 5.23 Å². The predicted octanol–water partition coefficient (Wildman–Crippen LogP) is 0.0859. The van der Waals surface area contributed by atoms with E-state index >= 15 is 0 Å². The van der Waals surface area contributed by atoms with Crippen molar-refractivity contribution in [2.24, 2.45) is 0 Å². The van der Waals surface area contributed by atoms with Crippen LogP contribution in [0.4, 0.5) is 0 Å². The van der Waals surface area contributed by atoms with Gasteiger partial charge in [-0.2, -0.15) is 22.4 Å². The van der Waals surface area contributed by atoms with Crippen molar-refractivity contribution in [1.82, 2.24) is 5.23 Å². The fourth-order valence-electron chi connectivity index (χ4n) is 0.163. The van der Waals surface area contributed by atoms with E-state index < -0.39 is 0 Å². The second-order valence-electron chi connectivity index (χ2n) is 0.994. The average molecular weight is 285 g/mol. The fourth-order valence-corrected chi connectivity index (χ4v) is 0.505. The zero-order valence-electron chi connectivity index (χ0n) is 4.03. The fraction of sp³-hybridized carbons (Fsp3) is 0.500. The van der Waals surface area contributed by atoms with E-state index in [0.29, 0.717) is 5.33 Å². The van der Waals surface area contributed by atoms with Gasteiger partial charge in [0.05, 0.1) is 5.33 Å². The van der Waals surface area contributed by atoms with Gasteiger partial charge in [-0.15, -0.1) is 0 Å². The van der Waals surface area contributed by atoms with Gasteiger partial charge in [0.25, 0.3) is 0 Å². The highest BCUT2D eigenvalue weighted by Gasteiger charge is 1.95. The largest absolute Gasteiger partial charge is 0.410 e. The van der Waals surface area contributed by atoms with Gasteiger partial charge in [-0.1, -0.05) is 15.9 Å². The van der Waals surface area contributed by atoms with Gasteiger partial charge in [-0.3, -0.25) is 4.79 Å². The number of hydrogen-bond acceptors (Lipinski definition) is 1. The quantitative estimate of drug-likeness (QED) is 0.444. The van der Waals surface area contributed by atoms with E-state index in [4.69, 9.17) is 0 Å². The number of hydrogen-bond donors (Lipinski definition) is 1. The number of carbonyl (C=O) groups excluding carboxylic acids is 1. The number of alkyl halides is 1. The Morgan fingerprint density at radius 1 is 1.88 bits per heavy atom. The third-order valence-corrected chi connectivity index (χ3v) is 1.30. The highest BCUT2D eigenvalue weighted by molar-refractivity contribution is 14.1. The van der Waals surface area contributed by atoms with Gasteiger partial charge in [-0.25, -0.2) is 0 Å². The lowest BCUT2D eigenvalue weighted by atomic mass is 9.67. The molecule has 0 aromatic heterocycles. The van der Waals surface area contributed by atoms with Crippen molar-refractivity contribution in [2.75, 3.05) is 5.33 Å². The summed E-state index contributed by atoms with van der Waals surface area (Å²) in [5.41, 5.74) is 0. The van der Waals surface area contributed by atoms with Crippen LogP contribution in [0.3, 0.4) is 0 Å². The number of amides is 1. The zero-order valence-corrected chi connectivity index (χ0v) is 7.77. The third-order valence-electron chi connectivity index (χ3n) is 0.429. The molecule has 0 saturated carbocycles. The lowest BCUT2D eigenvalue weighted by Gasteiger charge is -1.93. The maximum atomic E-state index is 10.4. The van der Waals surface area contributed by atoms with Crippen molar-refractivity contribution in [1.29, 1.82) is 0 Å². The Balaban J connectivity index is 2.99. The Labute approximate surface area is 71.7 Å². The summed E-state index contributed by atoms with van der Waals surface area (Å²) in [6, 6.07) is 0. The summed E-state index contributed by atoms with van der Waals surface area (Å²) in [5, 5.41) is 4.60. The molecule has 0 heterocycles. The summed E-state index contributed by atoms with van der Waals surface area (Å²) in [7, 11) is 1.59. The minimum absolute atomic E-state index is 0.0297. The van der Waals surface area contributed by atoms with Crippen molar-refractivity contribution in [3.8, 4) is 0 Å². The highest BCUT2D eigenvalue weighted by atomic mass is 127. The average Bonchev–Trinajstić information content (AvgIpc) is 1.83. The molecule has 0 unspecified atom stereocenters.